The van der Waals surface area contributed by atoms with E-state index < -0.39 is 5.97 Å². The van der Waals surface area contributed by atoms with Crippen molar-refractivity contribution in [1.29, 1.82) is 0 Å². The maximum atomic E-state index is 12.4. The first-order chi connectivity index (χ1) is 14.7. The van der Waals surface area contributed by atoms with E-state index in [9.17, 15) is 4.79 Å². The lowest BCUT2D eigenvalue weighted by Crippen LogP contribution is -2.07. The monoisotopic (exact) mass is 407 g/mol. The number of para-hydroxylation sites is 1. The summed E-state index contributed by atoms with van der Waals surface area (Å²) in [5, 5.41) is 4.93. The molecule has 0 bridgehead atoms. The number of aromatic nitrogens is 1. The molecular formula is C23H21NO6. The lowest BCUT2D eigenvalue weighted by molar-refractivity contribution is 0.0463. The van der Waals surface area contributed by atoms with Crippen molar-refractivity contribution < 1.29 is 27.9 Å². The van der Waals surface area contributed by atoms with Crippen molar-refractivity contribution >= 4 is 16.9 Å². The standard InChI is InChI=1S/C23H21NO6/c1-3-26-19-10-9-16(12-20(19)27-4-2)23(25)28-14-17-13-22(30-24-17)21-11-15-7-5-6-8-18(15)29-21/h5-13H,3-4,14H2,1-2H3. The van der Waals surface area contributed by atoms with Gasteiger partial charge in [-0.25, -0.2) is 4.79 Å². The highest BCUT2D eigenvalue weighted by molar-refractivity contribution is 5.90. The van der Waals surface area contributed by atoms with E-state index in [0.29, 0.717) is 47.5 Å². The minimum atomic E-state index is -0.493. The fourth-order valence-electron chi connectivity index (χ4n) is 3.00. The van der Waals surface area contributed by atoms with Crippen LogP contribution in [0.3, 0.4) is 0 Å². The molecule has 7 nitrogen and oxygen atoms in total. The van der Waals surface area contributed by atoms with Crippen molar-refractivity contribution in [3.8, 4) is 23.0 Å². The number of nitrogens with zero attached hydrogens (tertiary/aromatic N) is 1. The Hall–Kier alpha value is -3.74. The van der Waals surface area contributed by atoms with E-state index in [1.807, 2.05) is 44.2 Å². The first kappa shape index (κ1) is 19.6. The Morgan fingerprint density at radius 3 is 2.53 bits per heavy atom. The topological polar surface area (TPSA) is 83.9 Å². The third kappa shape index (κ3) is 4.15. The predicted molar refractivity (Wildman–Crippen MR) is 110 cm³/mol. The van der Waals surface area contributed by atoms with Gasteiger partial charge >= 0.3 is 5.97 Å². The smallest absolute Gasteiger partial charge is 0.338 e. The fraction of sp³-hybridized carbons (Fsp3) is 0.217. The Bertz CT molecular complexity index is 1130. The largest absolute Gasteiger partial charge is 0.490 e. The van der Waals surface area contributed by atoms with Crippen LogP contribution in [0.25, 0.3) is 22.5 Å². The number of fused-ring (bicyclic) bond motifs is 1. The molecule has 0 fully saturated rings. The van der Waals surface area contributed by atoms with Gasteiger partial charge in [0.05, 0.1) is 18.8 Å². The molecule has 0 saturated heterocycles. The lowest BCUT2D eigenvalue weighted by atomic mass is 10.2. The molecule has 0 radical (unpaired) electrons. The average Bonchev–Trinajstić information content (AvgIpc) is 3.40. The van der Waals surface area contributed by atoms with Gasteiger partial charge in [0.2, 0.25) is 5.76 Å². The molecule has 0 atom stereocenters. The van der Waals surface area contributed by atoms with E-state index in [-0.39, 0.29) is 6.61 Å². The fourth-order valence-corrected chi connectivity index (χ4v) is 3.00. The molecule has 4 rings (SSSR count). The van der Waals surface area contributed by atoms with Gasteiger partial charge in [0.15, 0.2) is 17.3 Å². The Morgan fingerprint density at radius 1 is 0.933 bits per heavy atom. The summed E-state index contributed by atoms with van der Waals surface area (Å²) in [5.74, 6) is 1.63. The number of carbonyl (C=O) groups is 1. The van der Waals surface area contributed by atoms with Crippen LogP contribution in [0.2, 0.25) is 0 Å². The van der Waals surface area contributed by atoms with E-state index >= 15 is 0 Å². The third-order valence-electron chi connectivity index (χ3n) is 4.36. The van der Waals surface area contributed by atoms with Gasteiger partial charge in [0, 0.05) is 11.5 Å². The molecule has 2 aromatic heterocycles. The summed E-state index contributed by atoms with van der Waals surface area (Å²) in [5.41, 5.74) is 1.61. The van der Waals surface area contributed by atoms with Gasteiger partial charge in [-0.15, -0.1) is 0 Å². The van der Waals surface area contributed by atoms with Crippen molar-refractivity contribution in [3.63, 3.8) is 0 Å². The molecule has 0 N–H and O–H groups in total. The molecule has 154 valence electrons. The van der Waals surface area contributed by atoms with Crippen LogP contribution in [-0.2, 0) is 11.3 Å². The van der Waals surface area contributed by atoms with Crippen LogP contribution in [0.1, 0.15) is 29.9 Å². The maximum absolute atomic E-state index is 12.4. The van der Waals surface area contributed by atoms with Crippen molar-refractivity contribution in [3.05, 3.63) is 65.9 Å². The van der Waals surface area contributed by atoms with Gasteiger partial charge < -0.3 is 23.2 Å². The average molecular weight is 407 g/mol. The molecule has 0 aliphatic carbocycles. The van der Waals surface area contributed by atoms with E-state index in [0.717, 1.165) is 11.0 Å². The third-order valence-corrected chi connectivity index (χ3v) is 4.36. The Labute approximate surface area is 173 Å². The molecule has 0 amide bonds. The summed E-state index contributed by atoms with van der Waals surface area (Å²) in [4.78, 5) is 12.4. The Balaban J connectivity index is 1.43. The Morgan fingerprint density at radius 2 is 1.73 bits per heavy atom. The van der Waals surface area contributed by atoms with Gasteiger partial charge in [0.1, 0.15) is 17.9 Å². The summed E-state index contributed by atoms with van der Waals surface area (Å²) < 4.78 is 27.5. The Kier molecular flexibility index (Phi) is 5.70. The molecule has 0 aliphatic rings. The van der Waals surface area contributed by atoms with Crippen LogP contribution in [0.15, 0.2) is 63.5 Å². The van der Waals surface area contributed by atoms with E-state index in [1.54, 1.807) is 24.3 Å². The highest BCUT2D eigenvalue weighted by atomic mass is 16.5. The van der Waals surface area contributed by atoms with Gasteiger partial charge in [-0.05, 0) is 44.2 Å². The van der Waals surface area contributed by atoms with Crippen molar-refractivity contribution in [1.82, 2.24) is 5.16 Å². The summed E-state index contributed by atoms with van der Waals surface area (Å²) in [6, 6.07) is 16.2. The normalized spacial score (nSPS) is 10.9. The minimum Gasteiger partial charge on any atom is -0.490 e. The number of esters is 1. The van der Waals surface area contributed by atoms with Crippen LogP contribution in [-0.4, -0.2) is 24.3 Å². The highest BCUT2D eigenvalue weighted by Crippen LogP contribution is 2.30. The zero-order valence-electron chi connectivity index (χ0n) is 16.7. The predicted octanol–water partition coefficient (Wildman–Crippen LogP) is 5.24. The zero-order valence-corrected chi connectivity index (χ0v) is 16.7. The minimum absolute atomic E-state index is 0.0280. The lowest BCUT2D eigenvalue weighted by Gasteiger charge is -2.12. The van der Waals surface area contributed by atoms with E-state index in [1.165, 1.54) is 0 Å². The first-order valence-electron chi connectivity index (χ1n) is 9.69. The van der Waals surface area contributed by atoms with Crippen LogP contribution in [0.5, 0.6) is 11.5 Å². The molecule has 0 saturated carbocycles. The quantitative estimate of drug-likeness (QED) is 0.369. The first-order valence-corrected chi connectivity index (χ1v) is 9.69. The molecule has 30 heavy (non-hydrogen) atoms. The number of carbonyl (C=O) groups excluding carboxylic acids is 1. The van der Waals surface area contributed by atoms with Crippen LogP contribution < -0.4 is 9.47 Å². The number of benzene rings is 2. The van der Waals surface area contributed by atoms with E-state index in [4.69, 9.17) is 23.2 Å². The number of ether oxygens (including phenoxy) is 3. The molecular weight excluding hydrogens is 386 g/mol. The number of rotatable bonds is 8. The molecule has 4 aromatic rings. The number of furan rings is 1. The maximum Gasteiger partial charge on any atom is 0.338 e. The SMILES string of the molecule is CCOc1ccc(C(=O)OCc2cc(-c3cc4ccccc4o3)on2)cc1OCC. The van der Waals surface area contributed by atoms with Gasteiger partial charge in [-0.2, -0.15) is 0 Å². The second kappa shape index (κ2) is 8.73. The molecule has 0 unspecified atom stereocenters. The van der Waals surface area contributed by atoms with E-state index in [2.05, 4.69) is 5.16 Å². The summed E-state index contributed by atoms with van der Waals surface area (Å²) in [6.45, 7) is 4.69. The summed E-state index contributed by atoms with van der Waals surface area (Å²) >= 11 is 0. The van der Waals surface area contributed by atoms with Crippen molar-refractivity contribution in [2.45, 2.75) is 20.5 Å². The van der Waals surface area contributed by atoms with Crippen molar-refractivity contribution in [2.24, 2.45) is 0 Å². The van der Waals surface area contributed by atoms with Gasteiger partial charge in [-0.3, -0.25) is 0 Å². The molecule has 0 aliphatic heterocycles. The highest BCUT2D eigenvalue weighted by Gasteiger charge is 2.16. The molecule has 2 aromatic carbocycles. The second-order valence-corrected chi connectivity index (χ2v) is 6.43. The van der Waals surface area contributed by atoms with Gasteiger partial charge in [0.25, 0.3) is 0 Å². The summed E-state index contributed by atoms with van der Waals surface area (Å²) in [7, 11) is 0. The zero-order chi connectivity index (χ0) is 20.9. The molecule has 0 spiro atoms. The van der Waals surface area contributed by atoms with Crippen LogP contribution in [0, 0.1) is 0 Å². The second-order valence-electron chi connectivity index (χ2n) is 6.43. The number of hydrogen-bond acceptors (Lipinski definition) is 7. The molecule has 7 heteroatoms. The molecule has 2 heterocycles. The van der Waals surface area contributed by atoms with Gasteiger partial charge in [-0.1, -0.05) is 23.4 Å². The van der Waals surface area contributed by atoms with Crippen LogP contribution >= 0.6 is 0 Å². The van der Waals surface area contributed by atoms with Crippen molar-refractivity contribution in [2.75, 3.05) is 13.2 Å². The summed E-state index contributed by atoms with van der Waals surface area (Å²) in [6.07, 6.45) is 0. The van der Waals surface area contributed by atoms with Crippen LogP contribution in [0.4, 0.5) is 0 Å². The number of hydrogen-bond donors (Lipinski definition) is 0.